The molecule has 3 rings (SSSR count). The fourth-order valence-corrected chi connectivity index (χ4v) is 4.74. The van der Waals surface area contributed by atoms with Crippen LogP contribution < -0.4 is 10.6 Å². The lowest BCUT2D eigenvalue weighted by molar-refractivity contribution is -0.150. The van der Waals surface area contributed by atoms with Crippen molar-refractivity contribution in [1.82, 2.24) is 5.32 Å². The fourth-order valence-electron chi connectivity index (χ4n) is 3.89. The highest BCUT2D eigenvalue weighted by Crippen LogP contribution is 2.40. The molecule has 186 valence electrons. The number of esters is 1. The number of rotatable bonds is 8. The summed E-state index contributed by atoms with van der Waals surface area (Å²) in [4.78, 5) is 49.4. The summed E-state index contributed by atoms with van der Waals surface area (Å²) in [5.74, 6) is -3.64. The zero-order valence-corrected chi connectivity index (χ0v) is 21.3. The van der Waals surface area contributed by atoms with Crippen LogP contribution in [-0.4, -0.2) is 36.4 Å². The van der Waals surface area contributed by atoms with Gasteiger partial charge in [0.05, 0.1) is 29.5 Å². The Kier molecular flexibility index (Phi) is 8.67. The van der Waals surface area contributed by atoms with Crippen LogP contribution in [-0.2, 0) is 19.1 Å². The second kappa shape index (κ2) is 11.7. The summed E-state index contributed by atoms with van der Waals surface area (Å²) >= 11 is 1.00. The van der Waals surface area contributed by atoms with E-state index in [2.05, 4.69) is 30.6 Å². The molecule has 2 aromatic rings. The summed E-state index contributed by atoms with van der Waals surface area (Å²) in [6.45, 7) is 5.57. The van der Waals surface area contributed by atoms with Gasteiger partial charge >= 0.3 is 5.97 Å². The van der Waals surface area contributed by atoms with E-state index in [-0.39, 0.29) is 28.0 Å². The maximum Gasteiger partial charge on any atom is 0.319 e. The first-order valence-corrected chi connectivity index (χ1v) is 12.3. The van der Waals surface area contributed by atoms with Gasteiger partial charge in [-0.15, -0.1) is 0 Å². The highest BCUT2D eigenvalue weighted by molar-refractivity contribution is 8.03. The molecule has 2 amide bonds. The van der Waals surface area contributed by atoms with E-state index >= 15 is 0 Å². The molecule has 1 aliphatic heterocycles. The quantitative estimate of drug-likeness (QED) is 0.314. The molecule has 0 saturated carbocycles. The second-order valence-electron chi connectivity index (χ2n) is 8.61. The molecule has 2 N–H and O–H groups in total. The summed E-state index contributed by atoms with van der Waals surface area (Å²) < 4.78 is 4.87. The van der Waals surface area contributed by atoms with Crippen molar-refractivity contribution in [3.63, 3.8) is 0 Å². The third-order valence-corrected chi connectivity index (χ3v) is 6.89. The smallest absolute Gasteiger partial charge is 0.319 e. The van der Waals surface area contributed by atoms with E-state index in [1.165, 1.54) is 14.0 Å². The normalized spacial score (nSPS) is 17.3. The molecule has 8 nitrogen and oxygen atoms in total. The largest absolute Gasteiger partial charge is 0.468 e. The van der Waals surface area contributed by atoms with E-state index in [1.54, 1.807) is 24.3 Å². The van der Waals surface area contributed by atoms with Crippen molar-refractivity contribution in [2.75, 3.05) is 18.2 Å². The van der Waals surface area contributed by atoms with E-state index in [0.29, 0.717) is 22.7 Å². The molecule has 0 saturated heterocycles. The zero-order valence-electron chi connectivity index (χ0n) is 20.5. The number of ether oxygens (including phenoxy) is 1. The number of hydrogen-bond donors (Lipinski definition) is 2. The van der Waals surface area contributed by atoms with Crippen molar-refractivity contribution < 1.29 is 23.9 Å². The van der Waals surface area contributed by atoms with Crippen molar-refractivity contribution >= 4 is 41.0 Å². The molecule has 0 spiro atoms. The first-order valence-electron chi connectivity index (χ1n) is 11.3. The maximum absolute atomic E-state index is 13.0. The minimum Gasteiger partial charge on any atom is -0.468 e. The molecular weight excluding hydrogens is 478 g/mol. The van der Waals surface area contributed by atoms with Crippen LogP contribution in [0.15, 0.2) is 59.1 Å². The molecule has 0 radical (unpaired) electrons. The van der Waals surface area contributed by atoms with Crippen molar-refractivity contribution in [2.24, 2.45) is 5.92 Å². The van der Waals surface area contributed by atoms with Crippen LogP contribution in [0.5, 0.6) is 0 Å². The molecule has 0 aliphatic carbocycles. The van der Waals surface area contributed by atoms with Gasteiger partial charge in [0, 0.05) is 17.2 Å². The Hall–Kier alpha value is -3.90. The van der Waals surface area contributed by atoms with Gasteiger partial charge in [-0.05, 0) is 48.2 Å². The molecule has 2 aromatic carbocycles. The van der Waals surface area contributed by atoms with Gasteiger partial charge < -0.3 is 15.4 Å². The predicted molar refractivity (Wildman–Crippen MR) is 137 cm³/mol. The van der Waals surface area contributed by atoms with Crippen LogP contribution >= 0.6 is 11.8 Å². The lowest BCUT2D eigenvalue weighted by Crippen LogP contribution is -2.44. The van der Waals surface area contributed by atoms with Crippen LogP contribution in [0.1, 0.15) is 54.1 Å². The van der Waals surface area contributed by atoms with Crippen molar-refractivity contribution in [3.8, 4) is 6.07 Å². The van der Waals surface area contributed by atoms with E-state index < -0.39 is 23.7 Å². The van der Waals surface area contributed by atoms with Gasteiger partial charge in [-0.25, -0.2) is 0 Å². The van der Waals surface area contributed by atoms with Crippen molar-refractivity contribution in [2.45, 2.75) is 32.6 Å². The van der Waals surface area contributed by atoms with Crippen molar-refractivity contribution in [1.29, 1.82) is 5.26 Å². The third-order valence-electron chi connectivity index (χ3n) is 5.87. The Morgan fingerprint density at radius 2 is 1.75 bits per heavy atom. The second-order valence-corrected chi connectivity index (χ2v) is 9.60. The Labute approximate surface area is 214 Å². The number of hydrogen-bond acceptors (Lipinski definition) is 7. The lowest BCUT2D eigenvalue weighted by atomic mass is 9.78. The van der Waals surface area contributed by atoms with Gasteiger partial charge in [0.25, 0.3) is 0 Å². The number of nitrogens with zero attached hydrogens (tertiary/aromatic N) is 1. The fraction of sp³-hybridized carbons (Fsp3) is 0.296. The molecule has 0 fully saturated rings. The minimum absolute atomic E-state index is 0.0777. The number of methoxy groups -OCH3 is 1. The van der Waals surface area contributed by atoms with Gasteiger partial charge in [-0.1, -0.05) is 49.9 Å². The number of benzene rings is 2. The van der Waals surface area contributed by atoms with Crippen LogP contribution in [0.2, 0.25) is 0 Å². The third kappa shape index (κ3) is 6.01. The van der Waals surface area contributed by atoms with E-state index in [0.717, 1.165) is 17.3 Å². The minimum atomic E-state index is -1.23. The Morgan fingerprint density at radius 3 is 2.28 bits per heavy atom. The summed E-state index contributed by atoms with van der Waals surface area (Å²) in [6.07, 6.45) is 0. The summed E-state index contributed by atoms with van der Waals surface area (Å²) in [7, 11) is 1.20. The van der Waals surface area contributed by atoms with Gasteiger partial charge in [-0.3, -0.25) is 19.2 Å². The first-order chi connectivity index (χ1) is 17.2. The van der Waals surface area contributed by atoms with Crippen LogP contribution in [0, 0.1) is 17.2 Å². The molecule has 36 heavy (non-hydrogen) atoms. The number of anilines is 1. The highest BCUT2D eigenvalue weighted by Gasteiger charge is 2.44. The Balaban J connectivity index is 1.86. The van der Waals surface area contributed by atoms with Gasteiger partial charge in [0.15, 0.2) is 5.78 Å². The summed E-state index contributed by atoms with van der Waals surface area (Å²) in [6, 6.07) is 16.1. The number of carbonyl (C=O) groups excluding carboxylic acids is 4. The predicted octanol–water partition coefficient (Wildman–Crippen LogP) is 4.12. The molecule has 1 aliphatic rings. The molecule has 2 atom stereocenters. The van der Waals surface area contributed by atoms with E-state index in [4.69, 9.17) is 4.74 Å². The molecule has 9 heteroatoms. The van der Waals surface area contributed by atoms with E-state index in [1.807, 2.05) is 24.3 Å². The van der Waals surface area contributed by atoms with Crippen molar-refractivity contribution in [3.05, 3.63) is 75.8 Å². The first kappa shape index (κ1) is 26.7. The zero-order chi connectivity index (χ0) is 26.4. The monoisotopic (exact) mass is 505 g/mol. The Bertz CT molecular complexity index is 1240. The van der Waals surface area contributed by atoms with Gasteiger partial charge in [-0.2, -0.15) is 5.26 Å². The number of ketones is 1. The number of nitriles is 1. The number of allylic oxidation sites excluding steroid dienone is 1. The molecule has 2 unspecified atom stereocenters. The SMILES string of the molecule is COC(=O)C1C(=O)NC(SCC(=O)Nc2ccc(C(C)=O)cc2)=C(C#N)C1c1ccc(C(C)C)cc1. The summed E-state index contributed by atoms with van der Waals surface area (Å²) in [5.41, 5.74) is 2.95. The molecule has 1 heterocycles. The average molecular weight is 506 g/mol. The number of Topliss-reactive ketones (excluding diaryl/α,β-unsaturated/α-hetero) is 1. The van der Waals surface area contributed by atoms with Crippen LogP contribution in [0.25, 0.3) is 0 Å². The van der Waals surface area contributed by atoms with E-state index in [9.17, 15) is 24.4 Å². The van der Waals surface area contributed by atoms with Crippen LogP contribution in [0.4, 0.5) is 5.69 Å². The Morgan fingerprint density at radius 1 is 1.11 bits per heavy atom. The van der Waals surface area contributed by atoms with Gasteiger partial charge in [0.2, 0.25) is 11.8 Å². The average Bonchev–Trinajstić information content (AvgIpc) is 2.86. The number of carbonyl (C=O) groups is 4. The highest BCUT2D eigenvalue weighted by atomic mass is 32.2. The lowest BCUT2D eigenvalue weighted by Gasteiger charge is -2.31. The molecule has 0 bridgehead atoms. The summed E-state index contributed by atoms with van der Waals surface area (Å²) in [5, 5.41) is 15.6. The number of thioether (sulfide) groups is 1. The maximum atomic E-state index is 13.0. The number of nitrogens with one attached hydrogen (secondary N) is 2. The van der Waals surface area contributed by atoms with Gasteiger partial charge in [0.1, 0.15) is 5.92 Å². The standard InChI is InChI=1S/C27H27N3O5S/c1-15(2)17-5-7-19(8-6-17)23-21(13-28)26(30-25(33)24(23)27(34)35-4)36-14-22(32)29-20-11-9-18(10-12-20)16(3)31/h5-12,15,23-24H,14H2,1-4H3,(H,29,32)(H,30,33). The molecular formula is C27H27N3O5S. The van der Waals surface area contributed by atoms with Crippen LogP contribution in [0.3, 0.4) is 0 Å². The topological polar surface area (TPSA) is 125 Å². The number of amides is 2. The molecule has 0 aromatic heterocycles.